The van der Waals surface area contributed by atoms with Crippen LogP contribution in [0.15, 0.2) is 99.5 Å². The molecule has 11 rings (SSSR count). The number of fused-ring (bicyclic) bond motifs is 2. The van der Waals surface area contributed by atoms with E-state index in [1.54, 1.807) is 0 Å². The van der Waals surface area contributed by atoms with Crippen molar-refractivity contribution in [2.45, 2.75) is 56.8 Å². The Bertz CT molecular complexity index is 2640. The third kappa shape index (κ3) is 7.15. The van der Waals surface area contributed by atoms with Gasteiger partial charge in [0.1, 0.15) is 20.9 Å². The van der Waals surface area contributed by atoms with E-state index >= 15 is 0 Å². The SMILES string of the molecule is Brc1cn2c(-c3ccc(-c4cnc(C5CC5)[nH]4)cc3)cnc2c(Br)n1.Brc1cn2c(-c3ccc(-c4cnc(C5CC5)[nH]4)cc3)cnc2c(NCC2CCC2)n1. The van der Waals surface area contributed by atoms with E-state index in [4.69, 9.17) is 0 Å². The van der Waals surface area contributed by atoms with Gasteiger partial charge in [-0.3, -0.25) is 8.80 Å². The topological polar surface area (TPSA) is 130 Å². The predicted octanol–water partition coefficient (Wildman–Crippen LogP) is 10.8. The lowest BCUT2D eigenvalue weighted by Crippen LogP contribution is -2.21. The van der Waals surface area contributed by atoms with Crippen LogP contribution in [-0.4, -0.2) is 55.2 Å². The average molecular weight is 923 g/mol. The fourth-order valence-electron chi connectivity index (χ4n) is 7.10. The largest absolute Gasteiger partial charge is 0.367 e. The summed E-state index contributed by atoms with van der Waals surface area (Å²) in [5.74, 6) is 5.10. The van der Waals surface area contributed by atoms with E-state index in [0.29, 0.717) is 11.8 Å². The normalized spacial score (nSPS) is 15.6. The molecule has 0 saturated heterocycles. The number of rotatable bonds is 9. The Balaban J connectivity index is 0.000000138. The summed E-state index contributed by atoms with van der Waals surface area (Å²) in [6.45, 7) is 0.961. The third-order valence-electron chi connectivity index (χ3n) is 10.8. The van der Waals surface area contributed by atoms with Crippen LogP contribution in [0.25, 0.3) is 56.3 Å². The molecule has 2 aromatic carbocycles. The average Bonchev–Trinajstić information content (AvgIpc) is 3.97. The van der Waals surface area contributed by atoms with E-state index in [1.807, 2.05) is 41.6 Å². The molecule has 0 atom stereocenters. The van der Waals surface area contributed by atoms with Gasteiger partial charge in [-0.2, -0.15) is 0 Å². The minimum atomic E-state index is 0.635. The molecule has 14 heteroatoms. The second-order valence-electron chi connectivity index (χ2n) is 14.7. The summed E-state index contributed by atoms with van der Waals surface area (Å²) in [5, 5.41) is 3.51. The van der Waals surface area contributed by atoms with Crippen LogP contribution in [-0.2, 0) is 0 Å². The Morgan fingerprint density at radius 2 is 1.07 bits per heavy atom. The van der Waals surface area contributed by atoms with Crippen LogP contribution in [0.3, 0.4) is 0 Å². The summed E-state index contributed by atoms with van der Waals surface area (Å²) in [6.07, 6.45) is 20.5. The van der Waals surface area contributed by atoms with Gasteiger partial charge in [-0.25, -0.2) is 29.9 Å². The maximum atomic E-state index is 4.67. The summed E-state index contributed by atoms with van der Waals surface area (Å²) in [6, 6.07) is 17.0. The molecular formula is C41H36Br3N11. The number of halogens is 3. The van der Waals surface area contributed by atoms with Crippen molar-refractivity contribution in [3.8, 4) is 45.0 Å². The highest BCUT2D eigenvalue weighted by molar-refractivity contribution is 9.11. The molecule has 3 N–H and O–H groups in total. The lowest BCUT2D eigenvalue weighted by Gasteiger charge is -2.25. The minimum Gasteiger partial charge on any atom is -0.367 e. The zero-order valence-electron chi connectivity index (χ0n) is 29.7. The number of nitrogens with one attached hydrogen (secondary N) is 3. The fourth-order valence-corrected chi connectivity index (χ4v) is 8.59. The van der Waals surface area contributed by atoms with Gasteiger partial charge in [-0.1, -0.05) is 55.0 Å². The molecule has 3 fully saturated rings. The number of anilines is 1. The van der Waals surface area contributed by atoms with Gasteiger partial charge in [0.15, 0.2) is 21.7 Å². The molecule has 3 aliphatic rings. The van der Waals surface area contributed by atoms with Crippen LogP contribution in [0.2, 0.25) is 0 Å². The Kier molecular flexibility index (Phi) is 9.14. The molecule has 276 valence electrons. The Labute approximate surface area is 342 Å². The Morgan fingerprint density at radius 3 is 1.58 bits per heavy atom. The van der Waals surface area contributed by atoms with Gasteiger partial charge in [0, 0.05) is 41.9 Å². The van der Waals surface area contributed by atoms with Gasteiger partial charge in [0.05, 0.1) is 47.6 Å². The van der Waals surface area contributed by atoms with Gasteiger partial charge in [-0.15, -0.1) is 0 Å². The van der Waals surface area contributed by atoms with Crippen molar-refractivity contribution in [1.82, 2.24) is 48.7 Å². The van der Waals surface area contributed by atoms with Crippen LogP contribution < -0.4 is 5.32 Å². The maximum absolute atomic E-state index is 4.67. The van der Waals surface area contributed by atoms with Gasteiger partial charge in [0.25, 0.3) is 0 Å². The molecular weight excluding hydrogens is 886 g/mol. The molecule has 11 nitrogen and oxygen atoms in total. The van der Waals surface area contributed by atoms with Gasteiger partial charge in [0.2, 0.25) is 0 Å². The number of H-pyrrole nitrogens is 2. The molecule has 6 heterocycles. The third-order valence-corrected chi connectivity index (χ3v) is 12.1. The lowest BCUT2D eigenvalue weighted by atomic mass is 9.85. The van der Waals surface area contributed by atoms with E-state index < -0.39 is 0 Å². The summed E-state index contributed by atoms with van der Waals surface area (Å²) >= 11 is 10.5. The number of nitrogens with zero attached hydrogens (tertiary/aromatic N) is 8. The first-order chi connectivity index (χ1) is 26.9. The quantitative estimate of drug-likeness (QED) is 0.131. The fraction of sp³-hybridized carbons (Fsp3) is 0.268. The zero-order valence-corrected chi connectivity index (χ0v) is 34.4. The standard InChI is InChI=1S/C23H23BrN6.C18H13Br2N5/c24-20-13-30-19(12-27-23(30)22(29-20)25-10-14-2-1-3-14)16-6-4-15(5-7-16)18-11-26-21(28-18)17-8-9-17;19-15-9-25-14(8-22-18(25)16(20)24-15)11-3-1-10(2-4-11)13-7-21-17(23-13)12-5-6-12/h4-7,11-14,17H,1-3,8-10H2,(H,25,29)(H,26,28);1-4,7-9,12H,5-6H2,(H,21,23). The first-order valence-corrected chi connectivity index (χ1v) is 21.1. The molecule has 0 bridgehead atoms. The van der Waals surface area contributed by atoms with Crippen LogP contribution in [0.5, 0.6) is 0 Å². The molecule has 0 unspecified atom stereocenters. The van der Waals surface area contributed by atoms with Crippen molar-refractivity contribution in [2.24, 2.45) is 5.92 Å². The first-order valence-electron chi connectivity index (χ1n) is 18.7. The molecule has 6 aromatic heterocycles. The Morgan fingerprint density at radius 1 is 0.582 bits per heavy atom. The van der Waals surface area contributed by atoms with Gasteiger partial charge < -0.3 is 15.3 Å². The zero-order chi connectivity index (χ0) is 37.0. The highest BCUT2D eigenvalue weighted by Crippen LogP contribution is 2.40. The van der Waals surface area contributed by atoms with Crippen LogP contribution in [0.4, 0.5) is 5.82 Å². The summed E-state index contributed by atoms with van der Waals surface area (Å²) in [4.78, 5) is 34.0. The van der Waals surface area contributed by atoms with Crippen molar-refractivity contribution in [2.75, 3.05) is 11.9 Å². The predicted molar refractivity (Wildman–Crippen MR) is 225 cm³/mol. The molecule has 55 heavy (non-hydrogen) atoms. The molecule has 0 amide bonds. The lowest BCUT2D eigenvalue weighted by molar-refractivity contribution is 0.333. The van der Waals surface area contributed by atoms with Crippen LogP contribution in [0.1, 0.15) is 68.4 Å². The van der Waals surface area contributed by atoms with Crippen molar-refractivity contribution < 1.29 is 0 Å². The van der Waals surface area contributed by atoms with Gasteiger partial charge in [-0.05, 0) is 103 Å². The number of benzene rings is 2. The van der Waals surface area contributed by atoms with E-state index in [1.165, 1.54) is 44.9 Å². The molecule has 3 saturated carbocycles. The first kappa shape index (κ1) is 34.8. The molecule has 0 aliphatic heterocycles. The number of hydrogen-bond donors (Lipinski definition) is 3. The van der Waals surface area contributed by atoms with Gasteiger partial charge >= 0.3 is 0 Å². The van der Waals surface area contributed by atoms with E-state index in [2.05, 4.69) is 146 Å². The number of aromatic amines is 2. The van der Waals surface area contributed by atoms with Crippen LogP contribution in [0, 0.1) is 5.92 Å². The Hall–Kier alpha value is -4.66. The monoisotopic (exact) mass is 919 g/mol. The molecule has 3 aliphatic carbocycles. The summed E-state index contributed by atoms with van der Waals surface area (Å²) in [7, 11) is 0. The smallest absolute Gasteiger partial charge is 0.180 e. The highest BCUT2D eigenvalue weighted by Gasteiger charge is 2.27. The molecule has 0 radical (unpaired) electrons. The number of aromatic nitrogens is 10. The molecule has 8 aromatic rings. The van der Waals surface area contributed by atoms with Crippen molar-refractivity contribution in [1.29, 1.82) is 0 Å². The van der Waals surface area contributed by atoms with Crippen molar-refractivity contribution in [3.63, 3.8) is 0 Å². The van der Waals surface area contributed by atoms with Crippen molar-refractivity contribution >= 4 is 64.9 Å². The second-order valence-corrected chi connectivity index (χ2v) is 17.1. The molecule has 0 spiro atoms. The minimum absolute atomic E-state index is 0.635. The van der Waals surface area contributed by atoms with Crippen LogP contribution >= 0.6 is 47.8 Å². The summed E-state index contributed by atoms with van der Waals surface area (Å²) < 4.78 is 6.41. The second kappa shape index (κ2) is 14.4. The number of hydrogen-bond acceptors (Lipinski definition) is 7. The van der Waals surface area contributed by atoms with Crippen molar-refractivity contribution in [3.05, 3.63) is 111 Å². The maximum Gasteiger partial charge on any atom is 0.180 e. The van der Waals surface area contributed by atoms with E-state index in [-0.39, 0.29) is 0 Å². The highest BCUT2D eigenvalue weighted by atomic mass is 79.9. The van der Waals surface area contributed by atoms with E-state index in [9.17, 15) is 0 Å². The summed E-state index contributed by atoms with van der Waals surface area (Å²) in [5.41, 5.74) is 10.4. The number of imidazole rings is 4. The van der Waals surface area contributed by atoms with E-state index in [0.717, 1.165) is 100 Å².